The fourth-order valence-electron chi connectivity index (χ4n) is 0. The standard InChI is InChI=1S/FH.3O.2Tb/h1H;;;;;/q;3*-2;2*+3. The van der Waals surface area contributed by atoms with Crippen LogP contribution in [0.15, 0.2) is 0 Å². The number of halogens is 1. The molecule has 0 heterocycles. The van der Waals surface area contributed by atoms with E-state index in [9.17, 15) is 0 Å². The van der Waals surface area contributed by atoms with Gasteiger partial charge in [-0.1, -0.05) is 0 Å². The summed E-state index contributed by atoms with van der Waals surface area (Å²) in [5, 5.41) is 0. The summed E-state index contributed by atoms with van der Waals surface area (Å²) in [5.74, 6) is 0. The molecule has 0 N–H and O–H groups in total. The number of hydrogen-bond donors (Lipinski definition) is 0. The topological polar surface area (TPSA) is 85.5 Å². The maximum Gasteiger partial charge on any atom is 3.00 e. The zero-order valence-electron chi connectivity index (χ0n) is 2.30. The van der Waals surface area contributed by atoms with E-state index in [0.717, 1.165) is 0 Å². The molecule has 0 amide bonds. The summed E-state index contributed by atoms with van der Waals surface area (Å²) < 4.78 is 0. The third-order valence-electron chi connectivity index (χ3n) is 0. The Kier molecular flexibility index (Phi) is 711. The molecule has 0 bridgehead atoms. The van der Waals surface area contributed by atoms with E-state index in [4.69, 9.17) is 0 Å². The molecular formula is HFO3Tb2. The Morgan fingerprint density at radius 3 is 0.500 bits per heavy atom. The minimum atomic E-state index is 0. The minimum Gasteiger partial charge on any atom is -2.00 e. The van der Waals surface area contributed by atoms with Gasteiger partial charge >= 0.3 is 77.2 Å². The van der Waals surface area contributed by atoms with E-state index >= 15 is 0 Å². The monoisotopic (exact) mass is 386 g/mol. The van der Waals surface area contributed by atoms with Gasteiger partial charge in [0, 0.05) is 0 Å². The van der Waals surface area contributed by atoms with Crippen LogP contribution in [0.3, 0.4) is 0 Å². The smallest absolute Gasteiger partial charge is 2.00 e. The van der Waals surface area contributed by atoms with Gasteiger partial charge in [0.1, 0.15) is 0 Å². The molecule has 0 aliphatic heterocycles. The van der Waals surface area contributed by atoms with Gasteiger partial charge in [-0.2, -0.15) is 0 Å². The summed E-state index contributed by atoms with van der Waals surface area (Å²) in [7, 11) is 0. The van der Waals surface area contributed by atoms with E-state index in [1.54, 1.807) is 0 Å². The van der Waals surface area contributed by atoms with Crippen LogP contribution in [0.5, 0.6) is 0 Å². The van der Waals surface area contributed by atoms with E-state index in [1.165, 1.54) is 0 Å². The van der Waals surface area contributed by atoms with Crippen molar-refractivity contribution in [2.75, 3.05) is 0 Å². The first-order valence-electron chi connectivity index (χ1n) is 0. The molecule has 0 saturated heterocycles. The summed E-state index contributed by atoms with van der Waals surface area (Å²) in [6.45, 7) is 0. The van der Waals surface area contributed by atoms with Crippen LogP contribution in [0, 0.1) is 77.2 Å². The van der Waals surface area contributed by atoms with Crippen molar-refractivity contribution in [3.8, 4) is 0 Å². The number of rotatable bonds is 0. The van der Waals surface area contributed by atoms with Gasteiger partial charge in [-0.15, -0.1) is 0 Å². The van der Waals surface area contributed by atoms with Crippen LogP contribution in [-0.4, -0.2) is 0 Å². The molecule has 6 heteroatoms. The zero-order chi connectivity index (χ0) is 0. The minimum absolute atomic E-state index is 0. The van der Waals surface area contributed by atoms with Crippen molar-refractivity contribution in [2.45, 2.75) is 0 Å². The fourth-order valence-corrected chi connectivity index (χ4v) is 0. The molecule has 0 atom stereocenters. The van der Waals surface area contributed by atoms with Crippen LogP contribution < -0.4 is 0 Å². The molecule has 0 aromatic carbocycles. The molecule has 0 aromatic heterocycles. The van der Waals surface area contributed by atoms with Crippen molar-refractivity contribution in [2.24, 2.45) is 0 Å². The van der Waals surface area contributed by atoms with Crippen LogP contribution >= 0.6 is 0 Å². The largest absolute Gasteiger partial charge is 3.00 e. The summed E-state index contributed by atoms with van der Waals surface area (Å²) in [6, 6.07) is 0. The summed E-state index contributed by atoms with van der Waals surface area (Å²) in [4.78, 5) is 0. The van der Waals surface area contributed by atoms with Crippen molar-refractivity contribution >= 4 is 0 Å². The molecule has 0 radical (unpaired) electrons. The maximum atomic E-state index is 0. The third-order valence-corrected chi connectivity index (χ3v) is 0. The zero-order valence-corrected chi connectivity index (χ0v) is 6.58. The molecule has 44 valence electrons. The Labute approximate surface area is 96.4 Å². The Morgan fingerprint density at radius 1 is 0.500 bits per heavy atom. The second-order valence-electron chi connectivity index (χ2n) is 0. The Balaban J connectivity index is 0. The molecule has 0 aliphatic carbocycles. The normalized spacial score (nSPS) is 0. The summed E-state index contributed by atoms with van der Waals surface area (Å²) >= 11 is 0. The van der Waals surface area contributed by atoms with Crippen LogP contribution in [-0.2, 0) is 16.4 Å². The van der Waals surface area contributed by atoms with Gasteiger partial charge in [0.25, 0.3) is 0 Å². The van der Waals surface area contributed by atoms with Gasteiger partial charge in [0.15, 0.2) is 0 Å². The van der Waals surface area contributed by atoms with E-state index in [-0.39, 0.29) is 98.4 Å². The van der Waals surface area contributed by atoms with Crippen LogP contribution in [0.4, 0.5) is 4.70 Å². The first-order chi connectivity index (χ1) is 0. The molecule has 0 aromatic rings. The molecule has 6 heavy (non-hydrogen) atoms. The van der Waals surface area contributed by atoms with E-state index in [1.807, 2.05) is 0 Å². The molecule has 0 aliphatic rings. The van der Waals surface area contributed by atoms with Crippen molar-refractivity contribution in [1.29, 1.82) is 0 Å². The summed E-state index contributed by atoms with van der Waals surface area (Å²) in [5.41, 5.74) is 0. The predicted octanol–water partition coefficient (Wildman–Crippen LogP) is -0.204. The van der Waals surface area contributed by atoms with Crippen LogP contribution in [0.2, 0.25) is 0 Å². The Morgan fingerprint density at radius 2 is 0.500 bits per heavy atom. The quantitative estimate of drug-likeness (QED) is 0.553. The van der Waals surface area contributed by atoms with E-state index in [2.05, 4.69) is 0 Å². The Hall–Kier alpha value is 2.38. The van der Waals surface area contributed by atoms with Gasteiger partial charge in [-0.3, -0.25) is 4.70 Å². The van der Waals surface area contributed by atoms with Crippen LogP contribution in [0.1, 0.15) is 0 Å². The van der Waals surface area contributed by atoms with Crippen molar-refractivity contribution in [3.63, 3.8) is 0 Å². The second-order valence-corrected chi connectivity index (χ2v) is 0. The first-order valence-corrected chi connectivity index (χ1v) is 0. The molecule has 0 fully saturated rings. The van der Waals surface area contributed by atoms with Gasteiger partial charge in [0.05, 0.1) is 0 Å². The van der Waals surface area contributed by atoms with Crippen molar-refractivity contribution in [3.05, 3.63) is 0 Å². The van der Waals surface area contributed by atoms with E-state index in [0.29, 0.717) is 0 Å². The van der Waals surface area contributed by atoms with Gasteiger partial charge in [-0.05, 0) is 0 Å². The second kappa shape index (κ2) is 53.0. The number of hydrogen-bond acceptors (Lipinski definition) is 0. The van der Waals surface area contributed by atoms with Gasteiger partial charge in [0.2, 0.25) is 0 Å². The average molecular weight is 386 g/mol. The van der Waals surface area contributed by atoms with Crippen molar-refractivity contribution < 1.29 is 98.4 Å². The van der Waals surface area contributed by atoms with Crippen LogP contribution in [0.25, 0.3) is 0 Å². The molecule has 0 unspecified atom stereocenters. The van der Waals surface area contributed by atoms with Gasteiger partial charge in [-0.25, -0.2) is 0 Å². The third kappa shape index (κ3) is 32.6. The molecule has 0 spiro atoms. The first kappa shape index (κ1) is 80.5. The molecular weight excluding hydrogens is 385 g/mol. The maximum absolute atomic E-state index is 0. The average Bonchev–Trinajstić information content (AvgIpc) is 0. The molecule has 0 rings (SSSR count). The van der Waals surface area contributed by atoms with Crippen molar-refractivity contribution in [1.82, 2.24) is 0 Å². The SMILES string of the molecule is F.[O-2].[O-2].[O-2].[Tb+3].[Tb+3]. The Bertz CT molecular complexity index is 8.75. The fraction of sp³-hybridized carbons (Fsp3) is 0. The van der Waals surface area contributed by atoms with E-state index < -0.39 is 0 Å². The van der Waals surface area contributed by atoms with Gasteiger partial charge < -0.3 is 16.4 Å². The molecule has 3 nitrogen and oxygen atoms in total. The predicted molar refractivity (Wildman–Crippen MR) is 4.56 cm³/mol. The summed E-state index contributed by atoms with van der Waals surface area (Å²) in [6.07, 6.45) is 0. The molecule has 0 saturated carbocycles.